The third-order valence-corrected chi connectivity index (χ3v) is 5.62. The van der Waals surface area contributed by atoms with E-state index in [1.165, 1.54) is 25.4 Å². The van der Waals surface area contributed by atoms with Crippen molar-refractivity contribution in [3.63, 3.8) is 0 Å². The summed E-state index contributed by atoms with van der Waals surface area (Å²) in [4.78, 5) is 18.5. The van der Waals surface area contributed by atoms with E-state index in [2.05, 4.69) is 9.88 Å². The average molecular weight is 386 g/mol. The van der Waals surface area contributed by atoms with Gasteiger partial charge in [0.05, 0.1) is 26.0 Å². The van der Waals surface area contributed by atoms with Gasteiger partial charge in [-0.3, -0.25) is 9.69 Å². The van der Waals surface area contributed by atoms with E-state index in [4.69, 9.17) is 9.47 Å². The highest BCUT2D eigenvalue weighted by Gasteiger charge is 2.42. The lowest BCUT2D eigenvalue weighted by atomic mass is 10.0. The van der Waals surface area contributed by atoms with Crippen molar-refractivity contribution in [2.75, 3.05) is 26.7 Å². The zero-order valence-corrected chi connectivity index (χ0v) is 15.7. The number of nitrogens with zero attached hydrogens (tertiary/aromatic N) is 2. The molecule has 0 amide bonds. The number of hydrogen-bond acceptors (Lipinski definition) is 6. The molecule has 2 fully saturated rings. The molecule has 6 nitrogen and oxygen atoms in total. The first-order valence-corrected chi connectivity index (χ1v) is 9.43. The lowest BCUT2D eigenvalue weighted by Gasteiger charge is -2.20. The second-order valence-corrected chi connectivity index (χ2v) is 7.52. The van der Waals surface area contributed by atoms with Crippen LogP contribution in [0.4, 0.5) is 4.39 Å². The molecule has 0 bridgehead atoms. The summed E-state index contributed by atoms with van der Waals surface area (Å²) in [5.41, 5.74) is 0.364. The van der Waals surface area contributed by atoms with E-state index in [-0.39, 0.29) is 23.4 Å². The highest BCUT2D eigenvalue weighted by molar-refractivity contribution is 5.95. The van der Waals surface area contributed by atoms with E-state index < -0.39 is 5.82 Å². The number of halogens is 1. The number of ether oxygens (including phenoxy) is 2. The fourth-order valence-corrected chi connectivity index (χ4v) is 4.33. The van der Waals surface area contributed by atoms with Gasteiger partial charge >= 0.3 is 0 Å². The molecule has 0 radical (unpaired) electrons. The van der Waals surface area contributed by atoms with Crippen LogP contribution in [0.2, 0.25) is 0 Å². The minimum atomic E-state index is -0.412. The smallest absolute Gasteiger partial charge is 0.197 e. The molecule has 1 saturated carbocycles. The molecule has 0 spiro atoms. The maximum absolute atomic E-state index is 14.1. The van der Waals surface area contributed by atoms with Crippen LogP contribution in [0, 0.1) is 17.7 Å². The number of carbonyl (C=O) groups is 1. The number of pyridine rings is 1. The zero-order valence-electron chi connectivity index (χ0n) is 15.7. The van der Waals surface area contributed by atoms with Crippen LogP contribution >= 0.6 is 0 Å². The lowest BCUT2D eigenvalue weighted by molar-refractivity contribution is 0.0931. The molecule has 3 atom stereocenters. The van der Waals surface area contributed by atoms with Crippen LogP contribution in [-0.2, 0) is 0 Å². The van der Waals surface area contributed by atoms with E-state index in [0.717, 1.165) is 25.9 Å². The van der Waals surface area contributed by atoms with Gasteiger partial charge in [-0.2, -0.15) is 0 Å². The predicted octanol–water partition coefficient (Wildman–Crippen LogP) is 2.91. The van der Waals surface area contributed by atoms with Gasteiger partial charge < -0.3 is 14.6 Å². The van der Waals surface area contributed by atoms with Gasteiger partial charge in [0.1, 0.15) is 11.4 Å². The van der Waals surface area contributed by atoms with E-state index in [1.807, 2.05) is 0 Å². The number of benzene rings is 1. The number of fused-ring (bicyclic) bond motifs is 1. The third kappa shape index (κ3) is 3.80. The fourth-order valence-electron chi connectivity index (χ4n) is 4.33. The number of aromatic hydroxyl groups is 1. The summed E-state index contributed by atoms with van der Waals surface area (Å²) in [5.74, 6) is 1.04. The summed E-state index contributed by atoms with van der Waals surface area (Å²) in [7, 11) is 1.50. The summed E-state index contributed by atoms with van der Waals surface area (Å²) in [6, 6.07) is 7.68. The van der Waals surface area contributed by atoms with E-state index >= 15 is 0 Å². The van der Waals surface area contributed by atoms with E-state index in [0.29, 0.717) is 29.8 Å². The van der Waals surface area contributed by atoms with Gasteiger partial charge in [-0.15, -0.1) is 0 Å². The molecule has 1 aliphatic heterocycles. The highest BCUT2D eigenvalue weighted by Crippen LogP contribution is 2.41. The number of para-hydroxylation sites is 1. The second-order valence-electron chi connectivity index (χ2n) is 7.52. The van der Waals surface area contributed by atoms with Crippen molar-refractivity contribution in [1.29, 1.82) is 0 Å². The molecule has 4 rings (SSSR count). The van der Waals surface area contributed by atoms with E-state index in [9.17, 15) is 14.3 Å². The van der Waals surface area contributed by atoms with Gasteiger partial charge in [-0.1, -0.05) is 6.07 Å². The molecular formula is C21H23FN2O4. The van der Waals surface area contributed by atoms with Crippen molar-refractivity contribution in [2.45, 2.75) is 18.9 Å². The minimum absolute atomic E-state index is 0.0441. The van der Waals surface area contributed by atoms with Crippen molar-refractivity contribution < 1.29 is 23.8 Å². The molecule has 2 aliphatic rings. The minimum Gasteiger partial charge on any atom is -0.506 e. The summed E-state index contributed by atoms with van der Waals surface area (Å²) in [5, 5.41) is 9.28. The first-order chi connectivity index (χ1) is 13.5. The Balaban J connectivity index is 1.32. The first-order valence-electron chi connectivity index (χ1n) is 9.43. The Morgan fingerprint density at radius 3 is 2.64 bits per heavy atom. The van der Waals surface area contributed by atoms with Crippen LogP contribution in [-0.4, -0.2) is 53.6 Å². The van der Waals surface area contributed by atoms with Gasteiger partial charge in [-0.05, 0) is 48.9 Å². The van der Waals surface area contributed by atoms with Crippen LogP contribution in [0.1, 0.15) is 23.3 Å². The molecule has 1 unspecified atom stereocenters. The maximum atomic E-state index is 14.1. The van der Waals surface area contributed by atoms with E-state index in [1.54, 1.807) is 18.2 Å². The molecule has 2 heterocycles. The van der Waals surface area contributed by atoms with Crippen LogP contribution < -0.4 is 9.47 Å². The summed E-state index contributed by atoms with van der Waals surface area (Å²) >= 11 is 0. The molecule has 1 aromatic heterocycles. The van der Waals surface area contributed by atoms with Crippen LogP contribution in [0.3, 0.4) is 0 Å². The van der Waals surface area contributed by atoms with Crippen molar-refractivity contribution in [3.8, 4) is 17.2 Å². The monoisotopic (exact) mass is 386 g/mol. The topological polar surface area (TPSA) is 71.9 Å². The van der Waals surface area contributed by atoms with Crippen LogP contribution in [0.15, 0.2) is 36.5 Å². The molecular weight excluding hydrogens is 363 g/mol. The number of aromatic nitrogens is 1. The number of Topliss-reactive ketones (excluding diaryl/α,β-unsaturated/α-hetero) is 1. The summed E-state index contributed by atoms with van der Waals surface area (Å²) < 4.78 is 25.3. The first kappa shape index (κ1) is 18.7. The maximum Gasteiger partial charge on any atom is 0.197 e. The van der Waals surface area contributed by atoms with Crippen LogP contribution in [0.25, 0.3) is 0 Å². The van der Waals surface area contributed by atoms with Gasteiger partial charge in [0, 0.05) is 13.1 Å². The molecule has 1 aromatic carbocycles. The molecule has 1 saturated heterocycles. The molecule has 7 heteroatoms. The molecule has 2 aromatic rings. The Labute approximate surface area is 162 Å². The number of methoxy groups -OCH3 is 1. The van der Waals surface area contributed by atoms with Gasteiger partial charge in [0.15, 0.2) is 23.1 Å². The number of likely N-dealkylation sites (tertiary alicyclic amines) is 1. The van der Waals surface area contributed by atoms with Crippen molar-refractivity contribution in [3.05, 3.63) is 48.0 Å². The van der Waals surface area contributed by atoms with Gasteiger partial charge in [0.2, 0.25) is 0 Å². The Morgan fingerprint density at radius 1 is 1.25 bits per heavy atom. The summed E-state index contributed by atoms with van der Waals surface area (Å²) in [6.07, 6.45) is 2.91. The molecule has 28 heavy (non-hydrogen) atoms. The largest absolute Gasteiger partial charge is 0.506 e. The van der Waals surface area contributed by atoms with Crippen molar-refractivity contribution >= 4 is 5.78 Å². The number of rotatable bonds is 6. The van der Waals surface area contributed by atoms with Crippen LogP contribution in [0.5, 0.6) is 17.2 Å². The number of hydrogen-bond donors (Lipinski definition) is 1. The second kappa shape index (κ2) is 7.75. The SMILES string of the molecule is COc1cccc(F)c1OC1C[C@@H]2CN(CC(=O)c3ccc(O)cn3)C[C@@H]2C1. The number of carbonyl (C=O) groups excluding carboxylic acids is 1. The third-order valence-electron chi connectivity index (χ3n) is 5.62. The Kier molecular flexibility index (Phi) is 5.17. The zero-order chi connectivity index (χ0) is 19.7. The highest BCUT2D eigenvalue weighted by atomic mass is 19.1. The molecule has 148 valence electrons. The number of ketones is 1. The van der Waals surface area contributed by atoms with Crippen molar-refractivity contribution in [1.82, 2.24) is 9.88 Å². The summed E-state index contributed by atoms with van der Waals surface area (Å²) in [6.45, 7) is 1.96. The van der Waals surface area contributed by atoms with Crippen molar-refractivity contribution in [2.24, 2.45) is 11.8 Å². The normalized spacial score (nSPS) is 24.1. The van der Waals surface area contributed by atoms with Gasteiger partial charge in [0.25, 0.3) is 0 Å². The lowest BCUT2D eigenvalue weighted by Crippen LogP contribution is -2.30. The quantitative estimate of drug-likeness (QED) is 0.770. The Hall–Kier alpha value is -2.67. The predicted molar refractivity (Wildman–Crippen MR) is 100 cm³/mol. The van der Waals surface area contributed by atoms with Gasteiger partial charge in [-0.25, -0.2) is 9.37 Å². The molecule has 1 aliphatic carbocycles. The fraction of sp³-hybridized carbons (Fsp3) is 0.429. The average Bonchev–Trinajstić information content (AvgIpc) is 3.21. The Bertz CT molecular complexity index is 844. The standard InChI is InChI=1S/C21H23FN2O4/c1-27-20-4-2-3-17(22)21(20)28-16-7-13-10-24(11-14(13)8-16)12-19(26)18-6-5-15(25)9-23-18/h2-6,9,13-14,16,25H,7-8,10-12H2,1H3/t13-,14+,16?. The molecule has 1 N–H and O–H groups in total. The Morgan fingerprint density at radius 2 is 2.00 bits per heavy atom.